The SMILES string of the molecule is Nc1cccc(Cl)c1OCCCCO. The van der Waals surface area contributed by atoms with Gasteiger partial charge in [0.05, 0.1) is 17.3 Å². The van der Waals surface area contributed by atoms with Crippen LogP contribution in [0.15, 0.2) is 18.2 Å². The molecule has 0 aromatic heterocycles. The summed E-state index contributed by atoms with van der Waals surface area (Å²) in [5, 5.41) is 9.09. The molecule has 0 spiro atoms. The Morgan fingerprint density at radius 3 is 2.79 bits per heavy atom. The molecule has 0 atom stereocenters. The lowest BCUT2D eigenvalue weighted by Gasteiger charge is -2.09. The number of rotatable bonds is 5. The topological polar surface area (TPSA) is 55.5 Å². The van der Waals surface area contributed by atoms with Gasteiger partial charge < -0.3 is 15.6 Å². The summed E-state index contributed by atoms with van der Waals surface area (Å²) in [5.41, 5.74) is 6.22. The molecule has 3 N–H and O–H groups in total. The molecule has 4 heteroatoms. The van der Waals surface area contributed by atoms with Gasteiger partial charge in [0.25, 0.3) is 0 Å². The van der Waals surface area contributed by atoms with Gasteiger partial charge in [0.2, 0.25) is 0 Å². The van der Waals surface area contributed by atoms with Crippen molar-refractivity contribution >= 4 is 17.3 Å². The van der Waals surface area contributed by atoms with Gasteiger partial charge in [0.1, 0.15) is 0 Å². The predicted molar refractivity (Wildman–Crippen MR) is 57.7 cm³/mol. The van der Waals surface area contributed by atoms with Crippen LogP contribution < -0.4 is 10.5 Å². The standard InChI is InChI=1S/C10H14ClNO2/c11-8-4-3-5-9(12)10(8)14-7-2-1-6-13/h3-5,13H,1-2,6-7,12H2. The van der Waals surface area contributed by atoms with Crippen molar-refractivity contribution in [1.29, 1.82) is 0 Å². The number of nitrogen functional groups attached to an aromatic ring is 1. The van der Waals surface area contributed by atoms with Crippen molar-refractivity contribution in [1.82, 2.24) is 0 Å². The van der Waals surface area contributed by atoms with Gasteiger partial charge in [0.15, 0.2) is 5.75 Å². The maximum atomic E-state index is 8.57. The zero-order chi connectivity index (χ0) is 10.4. The van der Waals surface area contributed by atoms with Crippen molar-refractivity contribution in [3.63, 3.8) is 0 Å². The summed E-state index contributed by atoms with van der Waals surface area (Å²) in [5.74, 6) is 0.534. The molecule has 1 aromatic carbocycles. The van der Waals surface area contributed by atoms with E-state index in [9.17, 15) is 0 Å². The Morgan fingerprint density at radius 2 is 2.14 bits per heavy atom. The summed E-state index contributed by atoms with van der Waals surface area (Å²) < 4.78 is 5.40. The van der Waals surface area contributed by atoms with Crippen LogP contribution in [0.4, 0.5) is 5.69 Å². The van der Waals surface area contributed by atoms with E-state index in [4.69, 9.17) is 27.2 Å². The maximum absolute atomic E-state index is 8.57. The lowest BCUT2D eigenvalue weighted by atomic mass is 10.3. The van der Waals surface area contributed by atoms with E-state index in [1.165, 1.54) is 0 Å². The molecule has 0 fully saturated rings. The zero-order valence-electron chi connectivity index (χ0n) is 7.87. The number of para-hydroxylation sites is 1. The number of unbranched alkanes of at least 4 members (excludes halogenated alkanes) is 1. The summed E-state index contributed by atoms with van der Waals surface area (Å²) in [7, 11) is 0. The Hall–Kier alpha value is -0.930. The number of ether oxygens (including phenoxy) is 1. The van der Waals surface area contributed by atoms with Gasteiger partial charge in [-0.3, -0.25) is 0 Å². The summed E-state index contributed by atoms with van der Waals surface area (Å²) in [4.78, 5) is 0. The molecule has 0 amide bonds. The number of anilines is 1. The molecule has 1 rings (SSSR count). The van der Waals surface area contributed by atoms with Gasteiger partial charge in [-0.05, 0) is 25.0 Å². The van der Waals surface area contributed by atoms with E-state index in [1.54, 1.807) is 18.2 Å². The Labute approximate surface area is 88.4 Å². The van der Waals surface area contributed by atoms with Crippen LogP contribution in [-0.2, 0) is 0 Å². The number of hydrogen-bond acceptors (Lipinski definition) is 3. The van der Waals surface area contributed by atoms with E-state index in [2.05, 4.69) is 0 Å². The van der Waals surface area contributed by atoms with E-state index in [0.29, 0.717) is 23.1 Å². The summed E-state index contributed by atoms with van der Waals surface area (Å²) in [6.07, 6.45) is 1.52. The average molecular weight is 216 g/mol. The van der Waals surface area contributed by atoms with Gasteiger partial charge in [0, 0.05) is 6.61 Å². The van der Waals surface area contributed by atoms with Crippen LogP contribution in [0.3, 0.4) is 0 Å². The monoisotopic (exact) mass is 215 g/mol. The summed E-state index contributed by atoms with van der Waals surface area (Å²) >= 11 is 5.89. The molecule has 1 aromatic rings. The van der Waals surface area contributed by atoms with Crippen LogP contribution in [0.2, 0.25) is 5.02 Å². The molecule has 0 radical (unpaired) electrons. The lowest BCUT2D eigenvalue weighted by Crippen LogP contribution is -2.01. The van der Waals surface area contributed by atoms with Crippen molar-refractivity contribution in [2.24, 2.45) is 0 Å². The number of benzene rings is 1. The third-order valence-corrected chi connectivity index (χ3v) is 2.09. The fourth-order valence-electron chi connectivity index (χ4n) is 1.07. The summed E-state index contributed by atoms with van der Waals surface area (Å²) in [6.45, 7) is 0.704. The highest BCUT2D eigenvalue weighted by Crippen LogP contribution is 2.30. The predicted octanol–water partition coefficient (Wildman–Crippen LogP) is 2.07. The third kappa shape index (κ3) is 3.09. The molecular weight excluding hydrogens is 202 g/mol. The van der Waals surface area contributed by atoms with E-state index >= 15 is 0 Å². The fourth-order valence-corrected chi connectivity index (χ4v) is 1.30. The van der Waals surface area contributed by atoms with Gasteiger partial charge in [-0.25, -0.2) is 0 Å². The molecule has 0 saturated carbocycles. The highest BCUT2D eigenvalue weighted by Gasteiger charge is 2.04. The minimum absolute atomic E-state index is 0.182. The minimum Gasteiger partial charge on any atom is -0.490 e. The highest BCUT2D eigenvalue weighted by molar-refractivity contribution is 6.32. The smallest absolute Gasteiger partial charge is 0.160 e. The number of aliphatic hydroxyl groups excluding tert-OH is 1. The van der Waals surface area contributed by atoms with E-state index < -0.39 is 0 Å². The van der Waals surface area contributed by atoms with Crippen molar-refractivity contribution in [2.45, 2.75) is 12.8 Å². The molecule has 3 nitrogen and oxygen atoms in total. The Bertz CT molecular complexity index is 271. The number of nitrogens with two attached hydrogens (primary N) is 1. The fraction of sp³-hybridized carbons (Fsp3) is 0.400. The first kappa shape index (κ1) is 11.1. The first-order valence-corrected chi connectivity index (χ1v) is 4.91. The van der Waals surface area contributed by atoms with Crippen molar-refractivity contribution in [3.05, 3.63) is 23.2 Å². The number of hydrogen-bond donors (Lipinski definition) is 2. The molecule has 78 valence electrons. The molecule has 14 heavy (non-hydrogen) atoms. The average Bonchev–Trinajstić information content (AvgIpc) is 2.16. The van der Waals surface area contributed by atoms with Crippen molar-refractivity contribution in [3.8, 4) is 5.75 Å². The molecule has 0 aliphatic rings. The van der Waals surface area contributed by atoms with Crippen LogP contribution >= 0.6 is 11.6 Å². The second kappa shape index (κ2) is 5.73. The van der Waals surface area contributed by atoms with Crippen LogP contribution in [-0.4, -0.2) is 18.3 Å². The third-order valence-electron chi connectivity index (χ3n) is 1.80. The Kier molecular flexibility index (Phi) is 4.56. The highest BCUT2D eigenvalue weighted by atomic mass is 35.5. The zero-order valence-corrected chi connectivity index (χ0v) is 8.63. The van der Waals surface area contributed by atoms with E-state index in [-0.39, 0.29) is 6.61 Å². The molecule has 0 heterocycles. The van der Waals surface area contributed by atoms with E-state index in [0.717, 1.165) is 12.8 Å². The van der Waals surface area contributed by atoms with Gasteiger partial charge >= 0.3 is 0 Å². The second-order valence-corrected chi connectivity index (χ2v) is 3.34. The van der Waals surface area contributed by atoms with Crippen LogP contribution in [0.5, 0.6) is 5.75 Å². The first-order valence-electron chi connectivity index (χ1n) is 4.53. The molecule has 0 aliphatic heterocycles. The Balaban J connectivity index is 2.49. The minimum atomic E-state index is 0.182. The molecule has 0 aliphatic carbocycles. The van der Waals surface area contributed by atoms with Crippen LogP contribution in [0.25, 0.3) is 0 Å². The lowest BCUT2D eigenvalue weighted by molar-refractivity contribution is 0.254. The van der Waals surface area contributed by atoms with Crippen molar-refractivity contribution in [2.75, 3.05) is 18.9 Å². The van der Waals surface area contributed by atoms with Gasteiger partial charge in [-0.1, -0.05) is 17.7 Å². The number of halogens is 1. The van der Waals surface area contributed by atoms with Gasteiger partial charge in [-0.15, -0.1) is 0 Å². The molecule has 0 bridgehead atoms. The van der Waals surface area contributed by atoms with Crippen LogP contribution in [0, 0.1) is 0 Å². The second-order valence-electron chi connectivity index (χ2n) is 2.94. The molecular formula is C10H14ClNO2. The number of aliphatic hydroxyl groups is 1. The van der Waals surface area contributed by atoms with E-state index in [1.807, 2.05) is 0 Å². The Morgan fingerprint density at radius 1 is 1.36 bits per heavy atom. The maximum Gasteiger partial charge on any atom is 0.160 e. The first-order chi connectivity index (χ1) is 6.75. The van der Waals surface area contributed by atoms with Gasteiger partial charge in [-0.2, -0.15) is 0 Å². The summed E-state index contributed by atoms with van der Waals surface area (Å²) in [6, 6.07) is 5.25. The molecule has 0 saturated heterocycles. The molecule has 0 unspecified atom stereocenters. The normalized spacial score (nSPS) is 10.1. The quantitative estimate of drug-likeness (QED) is 0.584. The largest absolute Gasteiger partial charge is 0.490 e. The van der Waals surface area contributed by atoms with Crippen LogP contribution in [0.1, 0.15) is 12.8 Å². The van der Waals surface area contributed by atoms with Crippen molar-refractivity contribution < 1.29 is 9.84 Å².